The van der Waals surface area contributed by atoms with Gasteiger partial charge < -0.3 is 16.8 Å². The minimum Gasteiger partial charge on any atom is -0.370 e. The zero-order chi connectivity index (χ0) is 20.3. The molecule has 8 heteroatoms. The number of aryl methyl sites for hydroxylation is 1. The highest BCUT2D eigenvalue weighted by Crippen LogP contribution is 2.28. The molecule has 0 bridgehead atoms. The summed E-state index contributed by atoms with van der Waals surface area (Å²) >= 11 is 6.05. The first-order chi connectivity index (χ1) is 13.3. The van der Waals surface area contributed by atoms with Crippen LogP contribution in [0.5, 0.6) is 0 Å². The number of nitrogen functional groups attached to an aromatic ring is 1. The molecule has 1 amide bonds. The molecule has 0 radical (unpaired) electrons. The van der Waals surface area contributed by atoms with Gasteiger partial charge in [0.1, 0.15) is 11.6 Å². The van der Waals surface area contributed by atoms with Gasteiger partial charge in [0.2, 0.25) is 11.9 Å². The number of anilines is 2. The van der Waals surface area contributed by atoms with Crippen molar-refractivity contribution in [2.75, 3.05) is 17.6 Å². The van der Waals surface area contributed by atoms with Gasteiger partial charge >= 0.3 is 0 Å². The molecule has 3 aromatic rings. The van der Waals surface area contributed by atoms with Gasteiger partial charge in [-0.1, -0.05) is 23.7 Å². The molecule has 0 aliphatic carbocycles. The number of hydrogen-bond acceptors (Lipinski definition) is 5. The third kappa shape index (κ3) is 4.55. The zero-order valence-corrected chi connectivity index (χ0v) is 15.9. The van der Waals surface area contributed by atoms with Gasteiger partial charge in [-0.15, -0.1) is 0 Å². The van der Waals surface area contributed by atoms with Gasteiger partial charge in [0.05, 0.1) is 5.69 Å². The van der Waals surface area contributed by atoms with Crippen LogP contribution in [0.25, 0.3) is 11.3 Å². The van der Waals surface area contributed by atoms with E-state index in [2.05, 4.69) is 15.3 Å². The van der Waals surface area contributed by atoms with E-state index >= 15 is 0 Å². The highest BCUT2D eigenvalue weighted by molar-refractivity contribution is 6.31. The first-order valence-electron chi connectivity index (χ1n) is 8.56. The lowest BCUT2D eigenvalue weighted by atomic mass is 10.1. The monoisotopic (exact) mass is 399 g/mol. The molecule has 28 heavy (non-hydrogen) atoms. The molecule has 0 unspecified atom stereocenters. The quantitative estimate of drug-likeness (QED) is 0.587. The second-order valence-corrected chi connectivity index (χ2v) is 6.76. The topological polar surface area (TPSA) is 107 Å². The van der Waals surface area contributed by atoms with Gasteiger partial charge in [0.25, 0.3) is 0 Å². The Kier molecular flexibility index (Phi) is 5.75. The summed E-state index contributed by atoms with van der Waals surface area (Å²) in [5.74, 6) is -0.351. The summed E-state index contributed by atoms with van der Waals surface area (Å²) in [4.78, 5) is 19.4. The second kappa shape index (κ2) is 8.22. The summed E-state index contributed by atoms with van der Waals surface area (Å²) in [6, 6.07) is 11.7. The van der Waals surface area contributed by atoms with E-state index in [0.29, 0.717) is 40.6 Å². The van der Waals surface area contributed by atoms with E-state index in [-0.39, 0.29) is 11.5 Å². The minimum absolute atomic E-state index is 0.0304. The van der Waals surface area contributed by atoms with Crippen LogP contribution in [0.3, 0.4) is 0 Å². The van der Waals surface area contributed by atoms with Crippen LogP contribution in [-0.2, 0) is 6.42 Å². The van der Waals surface area contributed by atoms with E-state index < -0.39 is 11.7 Å². The van der Waals surface area contributed by atoms with E-state index in [9.17, 15) is 9.18 Å². The summed E-state index contributed by atoms with van der Waals surface area (Å²) in [6.45, 7) is 2.20. The summed E-state index contributed by atoms with van der Waals surface area (Å²) in [7, 11) is 0. The van der Waals surface area contributed by atoms with E-state index in [1.807, 2.05) is 12.1 Å². The number of aromatic nitrogens is 2. The average Bonchev–Trinajstić information content (AvgIpc) is 2.64. The Morgan fingerprint density at radius 3 is 2.57 bits per heavy atom. The number of carbonyl (C=O) groups is 1. The third-order valence-electron chi connectivity index (χ3n) is 4.20. The maximum absolute atomic E-state index is 14.5. The largest absolute Gasteiger partial charge is 0.370 e. The van der Waals surface area contributed by atoms with Crippen molar-refractivity contribution >= 4 is 29.3 Å². The molecule has 144 valence electrons. The highest BCUT2D eigenvalue weighted by atomic mass is 35.5. The predicted octanol–water partition coefficient (Wildman–Crippen LogP) is 3.58. The number of carbonyl (C=O) groups excluding carboxylic acids is 1. The van der Waals surface area contributed by atoms with Crippen molar-refractivity contribution in [1.29, 1.82) is 0 Å². The van der Waals surface area contributed by atoms with Crippen LogP contribution in [0, 0.1) is 12.7 Å². The smallest absolute Gasteiger partial charge is 0.248 e. The fraction of sp³-hybridized carbons (Fsp3) is 0.150. The number of hydrogen-bond donors (Lipinski definition) is 3. The fourth-order valence-electron chi connectivity index (χ4n) is 2.78. The Morgan fingerprint density at radius 2 is 1.89 bits per heavy atom. The van der Waals surface area contributed by atoms with Crippen molar-refractivity contribution in [1.82, 2.24) is 9.97 Å². The number of nitrogens with zero attached hydrogens (tertiary/aromatic N) is 2. The number of nitrogens with two attached hydrogens (primary N) is 2. The number of amides is 1. The molecule has 0 aliphatic heterocycles. The van der Waals surface area contributed by atoms with Crippen molar-refractivity contribution in [2.24, 2.45) is 5.73 Å². The second-order valence-electron chi connectivity index (χ2n) is 6.32. The third-order valence-corrected chi connectivity index (χ3v) is 4.42. The maximum atomic E-state index is 14.5. The lowest BCUT2D eigenvalue weighted by Crippen LogP contribution is -2.11. The molecule has 0 fully saturated rings. The van der Waals surface area contributed by atoms with Gasteiger partial charge in [-0.25, -0.2) is 9.37 Å². The van der Waals surface area contributed by atoms with Crippen LogP contribution < -0.4 is 16.8 Å². The molecule has 0 atom stereocenters. The summed E-state index contributed by atoms with van der Waals surface area (Å²) in [5.41, 5.74) is 13.6. The molecule has 5 N–H and O–H groups in total. The Labute approximate surface area is 166 Å². The molecular formula is C20H19ClFN5O. The van der Waals surface area contributed by atoms with E-state index in [4.69, 9.17) is 23.1 Å². The van der Waals surface area contributed by atoms with Crippen LogP contribution in [-0.4, -0.2) is 22.4 Å². The average molecular weight is 400 g/mol. The summed E-state index contributed by atoms with van der Waals surface area (Å²) in [6.07, 6.45) is 0.683. The Hall–Kier alpha value is -3.19. The first-order valence-corrected chi connectivity index (χ1v) is 8.94. The molecule has 0 spiro atoms. The zero-order valence-electron chi connectivity index (χ0n) is 15.2. The highest BCUT2D eigenvalue weighted by Gasteiger charge is 2.13. The number of halogens is 2. The number of benzene rings is 2. The molecule has 0 saturated heterocycles. The van der Waals surface area contributed by atoms with Gasteiger partial charge in [0, 0.05) is 28.8 Å². The van der Waals surface area contributed by atoms with Crippen molar-refractivity contribution in [3.05, 3.63) is 70.0 Å². The number of nitrogens with one attached hydrogen (secondary N) is 1. The van der Waals surface area contributed by atoms with Gasteiger partial charge in [0.15, 0.2) is 0 Å². The number of primary amides is 1. The first kappa shape index (κ1) is 19.6. The van der Waals surface area contributed by atoms with Crippen LogP contribution in [0.4, 0.5) is 16.2 Å². The van der Waals surface area contributed by atoms with E-state index in [0.717, 1.165) is 5.56 Å². The maximum Gasteiger partial charge on any atom is 0.248 e. The van der Waals surface area contributed by atoms with Gasteiger partial charge in [-0.05, 0) is 48.7 Å². The Balaban J connectivity index is 1.74. The normalized spacial score (nSPS) is 10.7. The lowest BCUT2D eigenvalue weighted by Gasteiger charge is -2.11. The molecule has 0 aliphatic rings. The molecule has 0 saturated carbocycles. The van der Waals surface area contributed by atoms with E-state index in [1.54, 1.807) is 31.2 Å². The van der Waals surface area contributed by atoms with Crippen LogP contribution in [0.2, 0.25) is 5.02 Å². The number of rotatable bonds is 6. The lowest BCUT2D eigenvalue weighted by molar-refractivity contribution is 0.100. The molecular weight excluding hydrogens is 381 g/mol. The Morgan fingerprint density at radius 1 is 1.18 bits per heavy atom. The Bertz CT molecular complexity index is 1020. The van der Waals surface area contributed by atoms with Crippen molar-refractivity contribution in [2.45, 2.75) is 13.3 Å². The SMILES string of the molecule is Cc1cc(Cl)cc(-c2cc(NCCc3ccc(C(N)=O)cc3)nc(N)n2)c1F. The standard InChI is InChI=1S/C20H19ClFN5O/c1-11-8-14(21)9-15(18(11)22)16-10-17(27-20(24)26-16)25-7-6-12-2-4-13(5-3-12)19(23)28/h2-5,8-10H,6-7H2,1H3,(H2,23,28)(H3,24,25,26,27). The van der Waals surface area contributed by atoms with Crippen LogP contribution in [0.1, 0.15) is 21.5 Å². The minimum atomic E-state index is -0.461. The van der Waals surface area contributed by atoms with Crippen LogP contribution in [0.15, 0.2) is 42.5 Å². The van der Waals surface area contributed by atoms with Crippen molar-refractivity contribution in [3.8, 4) is 11.3 Å². The van der Waals surface area contributed by atoms with Crippen molar-refractivity contribution < 1.29 is 9.18 Å². The predicted molar refractivity (Wildman–Crippen MR) is 109 cm³/mol. The summed E-state index contributed by atoms with van der Waals surface area (Å²) < 4.78 is 14.5. The van der Waals surface area contributed by atoms with Gasteiger partial charge in [-0.3, -0.25) is 4.79 Å². The van der Waals surface area contributed by atoms with Crippen molar-refractivity contribution in [3.63, 3.8) is 0 Å². The molecule has 2 aromatic carbocycles. The molecule has 3 rings (SSSR count). The molecule has 6 nitrogen and oxygen atoms in total. The van der Waals surface area contributed by atoms with E-state index in [1.165, 1.54) is 6.07 Å². The molecule has 1 heterocycles. The molecule has 1 aromatic heterocycles. The fourth-order valence-corrected chi connectivity index (χ4v) is 3.05. The summed E-state index contributed by atoms with van der Waals surface area (Å²) in [5, 5.41) is 3.57. The van der Waals surface area contributed by atoms with Crippen LogP contribution >= 0.6 is 11.6 Å². The van der Waals surface area contributed by atoms with Gasteiger partial charge in [-0.2, -0.15) is 4.98 Å².